The van der Waals surface area contributed by atoms with E-state index in [0.29, 0.717) is 50.5 Å². The number of carbonyl (C=O) groups excluding carboxylic acids is 2. The molecule has 8 nitrogen and oxygen atoms in total. The molecule has 3 heterocycles. The number of piperazine rings is 1. The van der Waals surface area contributed by atoms with E-state index in [9.17, 15) is 9.59 Å². The van der Waals surface area contributed by atoms with Gasteiger partial charge in [0.2, 0.25) is 0 Å². The van der Waals surface area contributed by atoms with Crippen molar-refractivity contribution in [3.8, 4) is 6.07 Å². The molecule has 2 aliphatic heterocycles. The molecule has 154 valence electrons. The van der Waals surface area contributed by atoms with Gasteiger partial charge in [0.25, 0.3) is 5.91 Å². The molecule has 2 amide bonds. The Labute approximate surface area is 175 Å². The van der Waals surface area contributed by atoms with E-state index in [4.69, 9.17) is 10.00 Å². The van der Waals surface area contributed by atoms with Crippen molar-refractivity contribution in [2.75, 3.05) is 49.1 Å². The molecular weight excluding hydrogens is 382 g/mol. The number of benzene rings is 1. The van der Waals surface area contributed by atoms with E-state index in [1.807, 2.05) is 30.9 Å². The number of hydrogen-bond donors (Lipinski definition) is 0. The van der Waals surface area contributed by atoms with Gasteiger partial charge in [-0.2, -0.15) is 5.26 Å². The van der Waals surface area contributed by atoms with Gasteiger partial charge in [0.15, 0.2) is 0 Å². The lowest BCUT2D eigenvalue weighted by atomic mass is 10.1. The lowest BCUT2D eigenvalue weighted by molar-refractivity contribution is 0.0746. The van der Waals surface area contributed by atoms with Crippen molar-refractivity contribution in [2.24, 2.45) is 0 Å². The van der Waals surface area contributed by atoms with Crippen LogP contribution in [0.5, 0.6) is 0 Å². The molecule has 0 atom stereocenters. The van der Waals surface area contributed by atoms with Crippen molar-refractivity contribution >= 4 is 23.5 Å². The van der Waals surface area contributed by atoms with Crippen LogP contribution in [0.1, 0.15) is 27.0 Å². The number of nitrogens with zero attached hydrogens (tertiary/aromatic N) is 5. The van der Waals surface area contributed by atoms with E-state index in [1.165, 1.54) is 0 Å². The molecule has 2 aromatic rings. The van der Waals surface area contributed by atoms with Gasteiger partial charge >= 0.3 is 6.09 Å². The number of anilines is 2. The topological polar surface area (TPSA) is 89.8 Å². The molecule has 2 aliphatic rings. The number of pyridine rings is 1. The predicted molar refractivity (Wildman–Crippen MR) is 112 cm³/mol. The van der Waals surface area contributed by atoms with Gasteiger partial charge in [-0.3, -0.25) is 9.69 Å². The molecular formula is C22H23N5O3. The maximum atomic E-state index is 13.1. The van der Waals surface area contributed by atoms with Crippen LogP contribution < -0.4 is 9.80 Å². The minimum atomic E-state index is -0.351. The zero-order valence-corrected chi connectivity index (χ0v) is 17.1. The Kier molecular flexibility index (Phi) is 5.27. The third kappa shape index (κ3) is 3.66. The van der Waals surface area contributed by atoms with E-state index >= 15 is 0 Å². The Morgan fingerprint density at radius 1 is 1.10 bits per heavy atom. The second-order valence-electron chi connectivity index (χ2n) is 7.52. The summed E-state index contributed by atoms with van der Waals surface area (Å²) in [6.07, 6.45) is 1.23. The van der Waals surface area contributed by atoms with Crippen LogP contribution in [0.25, 0.3) is 0 Å². The van der Waals surface area contributed by atoms with Gasteiger partial charge in [-0.15, -0.1) is 0 Å². The fraction of sp³-hybridized carbons (Fsp3) is 0.364. The van der Waals surface area contributed by atoms with E-state index in [-0.39, 0.29) is 12.0 Å². The van der Waals surface area contributed by atoms with Crippen molar-refractivity contribution in [3.63, 3.8) is 0 Å². The number of aromatic nitrogens is 1. The van der Waals surface area contributed by atoms with Crippen molar-refractivity contribution in [1.29, 1.82) is 5.26 Å². The first-order chi connectivity index (χ1) is 14.5. The summed E-state index contributed by atoms with van der Waals surface area (Å²) < 4.78 is 4.99. The molecule has 1 aromatic heterocycles. The normalized spacial score (nSPS) is 16.4. The third-order valence-electron chi connectivity index (χ3n) is 5.56. The van der Waals surface area contributed by atoms with E-state index in [2.05, 4.69) is 16.0 Å². The first kappa shape index (κ1) is 19.7. The maximum Gasteiger partial charge on any atom is 0.414 e. The first-order valence-corrected chi connectivity index (χ1v) is 9.94. The molecule has 0 saturated carbocycles. The fourth-order valence-corrected chi connectivity index (χ4v) is 3.94. The number of aryl methyl sites for hydroxylation is 2. The molecule has 30 heavy (non-hydrogen) atoms. The summed E-state index contributed by atoms with van der Waals surface area (Å²) in [5.41, 5.74) is 3.74. The number of cyclic esters (lactones) is 1. The summed E-state index contributed by atoms with van der Waals surface area (Å²) in [7, 11) is 0. The number of ether oxygens (including phenoxy) is 1. The highest BCUT2D eigenvalue weighted by atomic mass is 16.6. The number of amides is 2. The average Bonchev–Trinajstić information content (AvgIpc) is 3.19. The minimum absolute atomic E-state index is 0.00721. The van der Waals surface area contributed by atoms with Gasteiger partial charge in [-0.05, 0) is 49.2 Å². The molecule has 2 fully saturated rings. The molecule has 0 radical (unpaired) electrons. The van der Waals surface area contributed by atoms with Crippen LogP contribution >= 0.6 is 0 Å². The van der Waals surface area contributed by atoms with Crippen LogP contribution in [0.4, 0.5) is 16.3 Å². The van der Waals surface area contributed by atoms with Crippen LogP contribution in [0, 0.1) is 25.2 Å². The van der Waals surface area contributed by atoms with E-state index in [1.54, 1.807) is 23.2 Å². The molecule has 1 aromatic carbocycles. The van der Waals surface area contributed by atoms with Crippen molar-refractivity contribution < 1.29 is 14.3 Å². The zero-order chi connectivity index (χ0) is 21.3. The monoisotopic (exact) mass is 405 g/mol. The molecule has 0 bridgehead atoms. The van der Waals surface area contributed by atoms with Crippen molar-refractivity contribution in [2.45, 2.75) is 13.8 Å². The average molecular weight is 405 g/mol. The lowest BCUT2D eigenvalue weighted by Crippen LogP contribution is -2.49. The molecule has 0 spiro atoms. The smallest absolute Gasteiger partial charge is 0.414 e. The molecule has 0 N–H and O–H groups in total. The van der Waals surface area contributed by atoms with Crippen LogP contribution in [0.15, 0.2) is 30.5 Å². The van der Waals surface area contributed by atoms with Gasteiger partial charge in [-0.1, -0.05) is 0 Å². The number of hydrogen-bond acceptors (Lipinski definition) is 6. The molecule has 2 saturated heterocycles. The number of rotatable bonds is 3. The van der Waals surface area contributed by atoms with Crippen molar-refractivity contribution in [1.82, 2.24) is 9.88 Å². The summed E-state index contributed by atoms with van der Waals surface area (Å²) in [6, 6.07) is 9.39. The number of nitriles is 1. The summed E-state index contributed by atoms with van der Waals surface area (Å²) in [4.78, 5) is 34.8. The highest BCUT2D eigenvalue weighted by molar-refractivity contribution is 5.97. The quantitative estimate of drug-likeness (QED) is 0.779. The summed E-state index contributed by atoms with van der Waals surface area (Å²) in [6.45, 7) is 7.30. The van der Waals surface area contributed by atoms with Crippen LogP contribution in [-0.4, -0.2) is 61.2 Å². The van der Waals surface area contributed by atoms with E-state index < -0.39 is 0 Å². The Morgan fingerprint density at radius 2 is 1.87 bits per heavy atom. The second kappa shape index (κ2) is 8.03. The lowest BCUT2D eigenvalue weighted by Gasteiger charge is -2.36. The van der Waals surface area contributed by atoms with Gasteiger partial charge in [0, 0.05) is 43.6 Å². The molecule has 8 heteroatoms. The maximum absolute atomic E-state index is 13.1. The van der Waals surface area contributed by atoms with Gasteiger partial charge in [0.05, 0.1) is 12.1 Å². The Bertz CT molecular complexity index is 1040. The molecule has 4 rings (SSSR count). The zero-order valence-electron chi connectivity index (χ0n) is 17.1. The predicted octanol–water partition coefficient (Wildman–Crippen LogP) is 2.49. The molecule has 0 unspecified atom stereocenters. The third-order valence-corrected chi connectivity index (χ3v) is 5.56. The van der Waals surface area contributed by atoms with E-state index in [0.717, 1.165) is 22.6 Å². The summed E-state index contributed by atoms with van der Waals surface area (Å²) in [5, 5.41) is 9.01. The van der Waals surface area contributed by atoms with Gasteiger partial charge < -0.3 is 14.5 Å². The summed E-state index contributed by atoms with van der Waals surface area (Å²) >= 11 is 0. The Hall–Kier alpha value is -3.60. The Morgan fingerprint density at radius 3 is 2.47 bits per heavy atom. The largest absolute Gasteiger partial charge is 0.447 e. The Balaban J connectivity index is 1.43. The fourth-order valence-electron chi connectivity index (χ4n) is 3.94. The SMILES string of the molecule is Cc1cc(N2CCOC2=O)ccc1C(=O)N1CCN(c2ncc(C#N)cc2C)CC1. The molecule has 0 aliphatic carbocycles. The number of carbonyl (C=O) groups is 2. The van der Waals surface area contributed by atoms with Gasteiger partial charge in [-0.25, -0.2) is 9.78 Å². The van der Waals surface area contributed by atoms with Crippen LogP contribution in [0.2, 0.25) is 0 Å². The minimum Gasteiger partial charge on any atom is -0.447 e. The highest BCUT2D eigenvalue weighted by Gasteiger charge is 2.27. The van der Waals surface area contributed by atoms with Crippen molar-refractivity contribution in [3.05, 3.63) is 52.7 Å². The first-order valence-electron chi connectivity index (χ1n) is 9.94. The van der Waals surface area contributed by atoms with Crippen LogP contribution in [-0.2, 0) is 4.74 Å². The standard InChI is InChI=1S/C22H23N5O3/c1-15-12-18(27-9-10-30-22(27)29)3-4-19(15)21(28)26-7-5-25(6-8-26)20-16(2)11-17(13-23)14-24-20/h3-4,11-12,14H,5-10H2,1-2H3. The summed E-state index contributed by atoms with van der Waals surface area (Å²) in [5.74, 6) is 0.853. The van der Waals surface area contributed by atoms with Gasteiger partial charge in [0.1, 0.15) is 18.5 Å². The second-order valence-corrected chi connectivity index (χ2v) is 7.52. The van der Waals surface area contributed by atoms with Crippen LogP contribution in [0.3, 0.4) is 0 Å². The highest BCUT2D eigenvalue weighted by Crippen LogP contribution is 2.24.